The monoisotopic (exact) mass is 362 g/mol. The van der Waals surface area contributed by atoms with Crippen LogP contribution in [0.3, 0.4) is 0 Å². The van der Waals surface area contributed by atoms with Crippen molar-refractivity contribution in [1.29, 1.82) is 0 Å². The van der Waals surface area contributed by atoms with Gasteiger partial charge in [0.05, 0.1) is 22.4 Å². The number of Topliss-reactive ketones (excluding diaryl/α,β-unsaturated/α-hetero) is 1. The molecule has 0 amide bonds. The molecule has 120 valence electrons. The number of benzene rings is 2. The topological polar surface area (TPSA) is 63.1 Å². The van der Waals surface area contributed by atoms with E-state index in [2.05, 4.69) is 9.97 Å². The van der Waals surface area contributed by atoms with Gasteiger partial charge in [0, 0.05) is 11.1 Å². The van der Waals surface area contributed by atoms with Crippen molar-refractivity contribution in [1.82, 2.24) is 9.97 Å². The third-order valence-corrected chi connectivity index (χ3v) is 3.65. The van der Waals surface area contributed by atoms with Crippen LogP contribution in [-0.4, -0.2) is 20.9 Å². The Labute approximate surface area is 154 Å². The largest absolute Gasteiger partial charge is 0.380 e. The van der Waals surface area contributed by atoms with Gasteiger partial charge < -0.3 is 5.11 Å². The van der Waals surface area contributed by atoms with Crippen molar-refractivity contribution >= 4 is 29.0 Å². The van der Waals surface area contributed by atoms with E-state index < -0.39 is 41.6 Å². The Hall–Kier alpha value is -2.27. The van der Waals surface area contributed by atoms with Crippen molar-refractivity contribution < 1.29 is 15.4 Å². The van der Waals surface area contributed by atoms with Crippen molar-refractivity contribution in [2.24, 2.45) is 0 Å². The Bertz CT molecular complexity index is 1050. The van der Waals surface area contributed by atoms with E-state index in [0.717, 1.165) is 0 Å². The Morgan fingerprint density at radius 3 is 2.46 bits per heavy atom. The van der Waals surface area contributed by atoms with Crippen LogP contribution in [0.1, 0.15) is 27.5 Å². The fraction of sp³-hybridized carbons (Fsp3) is 0.0556. The number of rotatable bonds is 4. The summed E-state index contributed by atoms with van der Waals surface area (Å²) in [6.45, 7) is 0. The fourth-order valence-electron chi connectivity index (χ4n) is 2.00. The molecule has 1 atom stereocenters. The number of hydrogen-bond donors (Lipinski definition) is 1. The molecule has 0 radical (unpaired) electrons. The number of halogens is 2. The summed E-state index contributed by atoms with van der Waals surface area (Å²) >= 11 is 11.8. The Kier molecular flexibility index (Phi) is 3.59. The van der Waals surface area contributed by atoms with Crippen molar-refractivity contribution in [2.75, 3.05) is 0 Å². The second-order valence-electron chi connectivity index (χ2n) is 4.76. The Balaban J connectivity index is 2.19. The van der Waals surface area contributed by atoms with Crippen LogP contribution < -0.4 is 0 Å². The molecule has 0 saturated heterocycles. The van der Waals surface area contributed by atoms with E-state index in [1.54, 1.807) is 18.2 Å². The third-order valence-electron chi connectivity index (χ3n) is 3.19. The molecule has 0 aliphatic heterocycles. The molecule has 0 saturated carbocycles. The maximum Gasteiger partial charge on any atom is 0.222 e. The van der Waals surface area contributed by atoms with Crippen LogP contribution in [0.25, 0.3) is 11.3 Å². The first-order valence-corrected chi connectivity index (χ1v) is 7.55. The van der Waals surface area contributed by atoms with Crippen LogP contribution in [-0.2, 0) is 0 Å². The normalized spacial score (nSPS) is 14.3. The number of hydrogen-bond acceptors (Lipinski definition) is 4. The first-order valence-electron chi connectivity index (χ1n) is 8.80. The molecule has 0 aliphatic rings. The average molecular weight is 363 g/mol. The molecule has 1 unspecified atom stereocenters. The second-order valence-corrected chi connectivity index (χ2v) is 5.51. The van der Waals surface area contributed by atoms with E-state index in [9.17, 15) is 9.90 Å². The molecule has 6 heteroatoms. The molecule has 3 rings (SSSR count). The van der Waals surface area contributed by atoms with Gasteiger partial charge >= 0.3 is 0 Å². The van der Waals surface area contributed by atoms with Crippen molar-refractivity contribution in [2.45, 2.75) is 6.10 Å². The number of nitrogens with zero attached hydrogens (tertiary/aromatic N) is 2. The minimum absolute atomic E-state index is 0.0198. The number of aliphatic hydroxyl groups excluding tert-OH is 1. The molecule has 0 aliphatic carbocycles. The van der Waals surface area contributed by atoms with Gasteiger partial charge in [-0.15, -0.1) is 0 Å². The smallest absolute Gasteiger partial charge is 0.222 e. The zero-order valence-electron chi connectivity index (χ0n) is 16.0. The quantitative estimate of drug-likeness (QED) is 0.552. The molecule has 3 aromatic rings. The van der Waals surface area contributed by atoms with Crippen LogP contribution in [0.5, 0.6) is 0 Å². The predicted octanol–water partition coefficient (Wildman–Crippen LogP) is 4.37. The molecule has 0 spiro atoms. The first-order chi connectivity index (χ1) is 13.2. The van der Waals surface area contributed by atoms with Crippen LogP contribution in [0.2, 0.25) is 10.3 Å². The summed E-state index contributed by atoms with van der Waals surface area (Å²) in [7, 11) is 0. The standard InChI is InChI=1S/C18H12Cl2N2O2/c19-14-10-21-18(20)22-15(14)11-6-8-13(9-7-11)17(24)16(23)12-4-2-1-3-5-12/h1-10,16,23H/i6D,7D,8D,9D. The number of aliphatic hydroxyl groups is 1. The van der Waals surface area contributed by atoms with E-state index in [0.29, 0.717) is 0 Å². The molecule has 4 nitrogen and oxygen atoms in total. The average Bonchev–Trinajstić information content (AvgIpc) is 2.69. The molecule has 1 N–H and O–H groups in total. The maximum atomic E-state index is 12.7. The lowest BCUT2D eigenvalue weighted by Crippen LogP contribution is -2.12. The summed E-state index contributed by atoms with van der Waals surface area (Å²) in [5.74, 6) is -0.943. The Morgan fingerprint density at radius 2 is 1.79 bits per heavy atom. The van der Waals surface area contributed by atoms with Gasteiger partial charge in [-0.05, 0) is 17.2 Å². The summed E-state index contributed by atoms with van der Waals surface area (Å²) in [4.78, 5) is 20.3. The van der Waals surface area contributed by atoms with Gasteiger partial charge in [-0.3, -0.25) is 4.79 Å². The molecule has 0 bridgehead atoms. The van der Waals surface area contributed by atoms with Gasteiger partial charge in [0.15, 0.2) is 5.78 Å². The first kappa shape index (κ1) is 12.1. The van der Waals surface area contributed by atoms with E-state index >= 15 is 0 Å². The van der Waals surface area contributed by atoms with Crippen molar-refractivity contribution in [3.05, 3.63) is 82.1 Å². The summed E-state index contributed by atoms with van der Waals surface area (Å²) in [5, 5.41) is 10.1. The highest BCUT2D eigenvalue weighted by atomic mass is 35.5. The third kappa shape index (κ3) is 3.46. The van der Waals surface area contributed by atoms with Crippen molar-refractivity contribution in [3.63, 3.8) is 0 Å². The molecular formula is C18H12Cl2N2O2. The molecule has 24 heavy (non-hydrogen) atoms. The van der Waals surface area contributed by atoms with Gasteiger partial charge in [0.2, 0.25) is 5.28 Å². The summed E-state index contributed by atoms with van der Waals surface area (Å²) in [6, 6.07) is 5.75. The lowest BCUT2D eigenvalue weighted by Gasteiger charge is -2.10. The highest BCUT2D eigenvalue weighted by molar-refractivity contribution is 6.33. The summed E-state index contributed by atoms with van der Waals surface area (Å²) < 4.78 is 32.8. The van der Waals surface area contributed by atoms with Crippen LogP contribution in [0.4, 0.5) is 0 Å². The second kappa shape index (κ2) is 7.09. The van der Waals surface area contributed by atoms with Crippen LogP contribution >= 0.6 is 23.2 Å². The van der Waals surface area contributed by atoms with Gasteiger partial charge in [-0.2, -0.15) is 0 Å². The highest BCUT2D eigenvalue weighted by Crippen LogP contribution is 2.27. The SMILES string of the molecule is [2H]c1c([2H])c(-c2nc(Cl)ncc2Cl)c([2H])c([2H])c1C(=O)C(O)c1ccccc1. The minimum Gasteiger partial charge on any atom is -0.380 e. The van der Waals surface area contributed by atoms with E-state index in [4.69, 9.17) is 28.7 Å². The zero-order chi connectivity index (χ0) is 20.6. The van der Waals surface area contributed by atoms with Gasteiger partial charge in [0.25, 0.3) is 0 Å². The Morgan fingerprint density at radius 1 is 1.12 bits per heavy atom. The molecule has 1 aromatic heterocycles. The highest BCUT2D eigenvalue weighted by Gasteiger charge is 2.19. The predicted molar refractivity (Wildman–Crippen MR) is 93.2 cm³/mol. The molecule has 2 aromatic carbocycles. The minimum atomic E-state index is -1.63. The lowest BCUT2D eigenvalue weighted by atomic mass is 9.98. The molecular weight excluding hydrogens is 347 g/mol. The van der Waals surface area contributed by atoms with E-state index in [1.165, 1.54) is 18.3 Å². The number of aromatic nitrogens is 2. The number of carbonyl (C=O) groups is 1. The molecule has 1 heterocycles. The maximum absolute atomic E-state index is 12.7. The number of carbonyl (C=O) groups excluding carboxylic acids is 1. The zero-order valence-corrected chi connectivity index (χ0v) is 13.6. The van der Waals surface area contributed by atoms with Gasteiger partial charge in [-0.25, -0.2) is 9.97 Å². The fourth-order valence-corrected chi connectivity index (χ4v) is 2.32. The van der Waals surface area contributed by atoms with E-state index in [-0.39, 0.29) is 27.1 Å². The van der Waals surface area contributed by atoms with E-state index in [1.807, 2.05) is 0 Å². The van der Waals surface area contributed by atoms with Crippen LogP contribution in [0, 0.1) is 0 Å². The summed E-state index contributed by atoms with van der Waals surface area (Å²) in [5.41, 5.74) is -0.540. The van der Waals surface area contributed by atoms with Crippen LogP contribution in [0.15, 0.2) is 60.7 Å². The van der Waals surface area contributed by atoms with Crippen molar-refractivity contribution in [3.8, 4) is 11.3 Å². The lowest BCUT2D eigenvalue weighted by molar-refractivity contribution is 0.0747. The number of ketones is 1. The molecule has 0 fully saturated rings. The van der Waals surface area contributed by atoms with Gasteiger partial charge in [0.1, 0.15) is 6.10 Å². The summed E-state index contributed by atoms with van der Waals surface area (Å²) in [6.07, 6.45) is -0.451. The van der Waals surface area contributed by atoms with Gasteiger partial charge in [-0.1, -0.05) is 66.1 Å².